The van der Waals surface area contributed by atoms with Gasteiger partial charge in [0.2, 0.25) is 0 Å². The summed E-state index contributed by atoms with van der Waals surface area (Å²) in [4.78, 5) is 12.5. The number of hydrogen-bond acceptors (Lipinski definition) is 3. The number of rotatable bonds is 2. The number of carbonyl (C=O) groups is 1. The molecule has 0 spiro atoms. The van der Waals surface area contributed by atoms with Gasteiger partial charge < -0.3 is 14.7 Å². The van der Waals surface area contributed by atoms with Crippen LogP contribution in [-0.4, -0.2) is 36.4 Å². The van der Waals surface area contributed by atoms with Gasteiger partial charge in [0.05, 0.1) is 23.3 Å². The first-order valence-electron chi connectivity index (χ1n) is 6.53. The van der Waals surface area contributed by atoms with E-state index in [2.05, 4.69) is 0 Å². The SMILES string of the molecule is CC1CN(c2ccc(C(=O)O)cc2C(F)(F)F)CC(C)O1. The zero-order valence-corrected chi connectivity index (χ0v) is 11.6. The number of alkyl halides is 3. The average Bonchev–Trinajstić information content (AvgIpc) is 2.35. The maximum atomic E-state index is 13.2. The molecule has 1 aromatic carbocycles. The summed E-state index contributed by atoms with van der Waals surface area (Å²) in [5.74, 6) is -1.38. The zero-order valence-electron chi connectivity index (χ0n) is 11.6. The molecule has 0 amide bonds. The van der Waals surface area contributed by atoms with Gasteiger partial charge in [0.15, 0.2) is 0 Å². The first-order valence-corrected chi connectivity index (χ1v) is 6.53. The Hall–Kier alpha value is -1.76. The molecule has 1 N–H and O–H groups in total. The van der Waals surface area contributed by atoms with Gasteiger partial charge >= 0.3 is 12.1 Å². The van der Waals surface area contributed by atoms with E-state index in [1.54, 1.807) is 18.7 Å². The van der Waals surface area contributed by atoms with E-state index in [-0.39, 0.29) is 23.5 Å². The van der Waals surface area contributed by atoms with E-state index < -0.39 is 17.7 Å². The molecule has 2 atom stereocenters. The third kappa shape index (κ3) is 3.47. The van der Waals surface area contributed by atoms with Crippen LogP contribution in [0.5, 0.6) is 0 Å². The predicted octanol–water partition coefficient (Wildman–Crippen LogP) is 3.02. The Kier molecular flexibility index (Phi) is 4.13. The normalized spacial score (nSPS) is 23.2. The number of aromatic carboxylic acids is 1. The van der Waals surface area contributed by atoms with Crippen LogP contribution < -0.4 is 4.90 Å². The number of hydrogen-bond donors (Lipinski definition) is 1. The molecule has 21 heavy (non-hydrogen) atoms. The second-order valence-electron chi connectivity index (χ2n) is 5.20. The molecule has 1 fully saturated rings. The van der Waals surface area contributed by atoms with Crippen molar-refractivity contribution in [2.24, 2.45) is 0 Å². The summed E-state index contributed by atoms with van der Waals surface area (Å²) in [6.45, 7) is 4.25. The minimum Gasteiger partial charge on any atom is -0.478 e. The molecule has 2 unspecified atom stereocenters. The lowest BCUT2D eigenvalue weighted by Gasteiger charge is -2.38. The summed E-state index contributed by atoms with van der Waals surface area (Å²) >= 11 is 0. The van der Waals surface area contributed by atoms with Crippen molar-refractivity contribution in [1.29, 1.82) is 0 Å². The standard InChI is InChI=1S/C14H16F3NO3/c1-8-6-18(7-9(2)21-8)12-4-3-10(13(19)20)5-11(12)14(15,16)17/h3-5,8-9H,6-7H2,1-2H3,(H,19,20). The van der Waals surface area contributed by atoms with Crippen LogP contribution in [0.4, 0.5) is 18.9 Å². The van der Waals surface area contributed by atoms with E-state index in [9.17, 15) is 18.0 Å². The van der Waals surface area contributed by atoms with Crippen molar-refractivity contribution < 1.29 is 27.8 Å². The first-order chi connectivity index (χ1) is 9.68. The maximum Gasteiger partial charge on any atom is 0.418 e. The van der Waals surface area contributed by atoms with Gasteiger partial charge in [-0.3, -0.25) is 0 Å². The monoisotopic (exact) mass is 303 g/mol. The van der Waals surface area contributed by atoms with E-state index in [0.29, 0.717) is 19.2 Å². The number of halogens is 3. The van der Waals surface area contributed by atoms with Crippen LogP contribution in [0.3, 0.4) is 0 Å². The molecule has 0 saturated carbocycles. The number of ether oxygens (including phenoxy) is 1. The van der Waals surface area contributed by atoms with Crippen LogP contribution in [0.25, 0.3) is 0 Å². The highest BCUT2D eigenvalue weighted by Crippen LogP contribution is 2.38. The van der Waals surface area contributed by atoms with Gasteiger partial charge in [0, 0.05) is 18.8 Å². The second-order valence-corrected chi connectivity index (χ2v) is 5.20. The number of carboxylic acid groups (broad SMARTS) is 1. The number of anilines is 1. The fourth-order valence-electron chi connectivity index (χ4n) is 2.55. The highest BCUT2D eigenvalue weighted by Gasteiger charge is 2.37. The molecule has 116 valence electrons. The van der Waals surface area contributed by atoms with Crippen molar-refractivity contribution in [3.8, 4) is 0 Å². The summed E-state index contributed by atoms with van der Waals surface area (Å²) in [5.41, 5.74) is -1.31. The zero-order chi connectivity index (χ0) is 15.8. The van der Waals surface area contributed by atoms with Gasteiger partial charge in [-0.05, 0) is 32.0 Å². The molecule has 1 aromatic rings. The Morgan fingerprint density at radius 3 is 2.33 bits per heavy atom. The van der Waals surface area contributed by atoms with Gasteiger partial charge in [-0.15, -0.1) is 0 Å². The van der Waals surface area contributed by atoms with Crippen molar-refractivity contribution in [3.63, 3.8) is 0 Å². The molecule has 7 heteroatoms. The van der Waals surface area contributed by atoms with Gasteiger partial charge in [0.1, 0.15) is 0 Å². The average molecular weight is 303 g/mol. The molecular weight excluding hydrogens is 287 g/mol. The van der Waals surface area contributed by atoms with Crippen LogP contribution >= 0.6 is 0 Å². The van der Waals surface area contributed by atoms with E-state index in [1.165, 1.54) is 12.1 Å². The Morgan fingerprint density at radius 1 is 1.29 bits per heavy atom. The highest BCUT2D eigenvalue weighted by atomic mass is 19.4. The third-order valence-corrected chi connectivity index (χ3v) is 3.31. The lowest BCUT2D eigenvalue weighted by atomic mass is 10.1. The molecule has 1 aliphatic rings. The smallest absolute Gasteiger partial charge is 0.418 e. The minimum absolute atomic E-state index is 0.00509. The molecule has 4 nitrogen and oxygen atoms in total. The molecule has 1 saturated heterocycles. The Morgan fingerprint density at radius 2 is 1.86 bits per heavy atom. The second kappa shape index (κ2) is 5.55. The highest BCUT2D eigenvalue weighted by molar-refractivity contribution is 5.88. The summed E-state index contributed by atoms with van der Waals surface area (Å²) < 4.78 is 45.1. The minimum atomic E-state index is -4.61. The number of morpholine rings is 1. The molecule has 1 aliphatic heterocycles. The lowest BCUT2D eigenvalue weighted by Crippen LogP contribution is -2.46. The number of carboxylic acids is 1. The number of nitrogens with zero attached hydrogens (tertiary/aromatic N) is 1. The van der Waals surface area contributed by atoms with Crippen molar-refractivity contribution in [1.82, 2.24) is 0 Å². The molecule has 2 rings (SSSR count). The van der Waals surface area contributed by atoms with Gasteiger partial charge in [-0.1, -0.05) is 0 Å². The molecule has 1 heterocycles. The molecular formula is C14H16F3NO3. The number of benzene rings is 1. The summed E-state index contributed by atoms with van der Waals surface area (Å²) in [6.07, 6.45) is -4.98. The van der Waals surface area contributed by atoms with Gasteiger partial charge in [-0.25, -0.2) is 4.79 Å². The van der Waals surface area contributed by atoms with E-state index >= 15 is 0 Å². The third-order valence-electron chi connectivity index (χ3n) is 3.31. The quantitative estimate of drug-likeness (QED) is 0.912. The van der Waals surface area contributed by atoms with Crippen molar-refractivity contribution in [2.75, 3.05) is 18.0 Å². The van der Waals surface area contributed by atoms with Crippen molar-refractivity contribution >= 4 is 11.7 Å². The Bertz CT molecular complexity index is 535. The van der Waals surface area contributed by atoms with Crippen LogP contribution in [-0.2, 0) is 10.9 Å². The van der Waals surface area contributed by atoms with Crippen LogP contribution in [0, 0.1) is 0 Å². The Labute approximate surface area is 120 Å². The van der Waals surface area contributed by atoms with Crippen LogP contribution in [0.15, 0.2) is 18.2 Å². The van der Waals surface area contributed by atoms with E-state index in [0.717, 1.165) is 0 Å². The van der Waals surface area contributed by atoms with Crippen LogP contribution in [0.2, 0.25) is 0 Å². The predicted molar refractivity (Wildman–Crippen MR) is 70.6 cm³/mol. The molecule has 0 bridgehead atoms. The summed E-state index contributed by atoms with van der Waals surface area (Å²) in [7, 11) is 0. The van der Waals surface area contributed by atoms with E-state index in [1.807, 2.05) is 0 Å². The van der Waals surface area contributed by atoms with Crippen molar-refractivity contribution in [2.45, 2.75) is 32.2 Å². The summed E-state index contributed by atoms with van der Waals surface area (Å²) in [6, 6.07) is 3.09. The topological polar surface area (TPSA) is 49.8 Å². The Balaban J connectivity index is 2.45. The molecule has 0 radical (unpaired) electrons. The fourth-order valence-corrected chi connectivity index (χ4v) is 2.55. The fraction of sp³-hybridized carbons (Fsp3) is 0.500. The molecule has 0 aliphatic carbocycles. The lowest BCUT2D eigenvalue weighted by molar-refractivity contribution is -0.137. The van der Waals surface area contributed by atoms with Gasteiger partial charge in [0.25, 0.3) is 0 Å². The molecule has 0 aromatic heterocycles. The van der Waals surface area contributed by atoms with Gasteiger partial charge in [-0.2, -0.15) is 13.2 Å². The first kappa shape index (κ1) is 15.6. The summed E-state index contributed by atoms with van der Waals surface area (Å²) in [5, 5.41) is 8.86. The largest absolute Gasteiger partial charge is 0.478 e. The van der Waals surface area contributed by atoms with Crippen LogP contribution in [0.1, 0.15) is 29.8 Å². The van der Waals surface area contributed by atoms with E-state index in [4.69, 9.17) is 9.84 Å². The maximum absolute atomic E-state index is 13.2. The van der Waals surface area contributed by atoms with Crippen molar-refractivity contribution in [3.05, 3.63) is 29.3 Å².